The van der Waals surface area contributed by atoms with Crippen LogP contribution in [-0.2, 0) is 19.1 Å². The molecule has 3 fully saturated rings. The average molecular weight is 403 g/mol. The van der Waals surface area contributed by atoms with Crippen molar-refractivity contribution in [1.82, 2.24) is 9.80 Å². The molecule has 0 aliphatic carbocycles. The van der Waals surface area contributed by atoms with E-state index in [2.05, 4.69) is 24.0 Å². The van der Waals surface area contributed by atoms with Gasteiger partial charge in [0.05, 0.1) is 18.9 Å². The lowest BCUT2D eigenvalue weighted by Crippen LogP contribution is -2.59. The fourth-order valence-corrected chi connectivity index (χ4v) is 6.09. The second-order valence-electron chi connectivity index (χ2n) is 7.75. The molecule has 3 saturated heterocycles. The summed E-state index contributed by atoms with van der Waals surface area (Å²) >= 11 is 1.76. The Labute approximate surface area is 169 Å². The third kappa shape index (κ3) is 2.55. The van der Waals surface area contributed by atoms with Gasteiger partial charge >= 0.3 is 5.97 Å². The van der Waals surface area contributed by atoms with Crippen molar-refractivity contribution in [2.75, 3.05) is 26.5 Å². The first kappa shape index (κ1) is 19.5. The molecule has 0 bridgehead atoms. The maximum Gasteiger partial charge on any atom is 0.327 e. The van der Waals surface area contributed by atoms with Crippen molar-refractivity contribution in [3.8, 4) is 0 Å². The first-order chi connectivity index (χ1) is 13.5. The Morgan fingerprint density at radius 2 is 1.93 bits per heavy atom. The van der Waals surface area contributed by atoms with Crippen LogP contribution in [0.25, 0.3) is 0 Å². The van der Waals surface area contributed by atoms with Gasteiger partial charge < -0.3 is 4.74 Å². The zero-order valence-electron chi connectivity index (χ0n) is 16.5. The van der Waals surface area contributed by atoms with Gasteiger partial charge in [-0.25, -0.2) is 0 Å². The number of hydrogen-bond acceptors (Lipinski definition) is 6. The third-order valence-electron chi connectivity index (χ3n) is 6.55. The van der Waals surface area contributed by atoms with Gasteiger partial charge in [0.1, 0.15) is 5.54 Å². The number of rotatable bonds is 4. The number of methoxy groups -OCH3 is 1. The zero-order valence-corrected chi connectivity index (χ0v) is 17.3. The lowest BCUT2D eigenvalue weighted by Gasteiger charge is -2.44. The van der Waals surface area contributed by atoms with Gasteiger partial charge in [-0.1, -0.05) is 19.1 Å². The van der Waals surface area contributed by atoms with Crippen molar-refractivity contribution in [3.63, 3.8) is 0 Å². The predicted octanol–water partition coefficient (Wildman–Crippen LogP) is 2.48. The van der Waals surface area contributed by atoms with E-state index in [-0.39, 0.29) is 23.8 Å². The monoisotopic (exact) mass is 402 g/mol. The first-order valence-corrected chi connectivity index (χ1v) is 10.8. The van der Waals surface area contributed by atoms with Crippen LogP contribution >= 0.6 is 11.8 Å². The molecule has 150 valence electrons. The standard InChI is InChI=1S/C21H26N2O4S/c1-4-28-14-9-7-13(8-10-14)17-15-16(19(25)22(2)18(15)24)21(20(26)27-3)11-5-6-12-23(17)21/h7-10,15-17H,4-6,11-12H2,1-3H3/t15-,16-,17+,21-/m0/s1. The van der Waals surface area contributed by atoms with Crippen LogP contribution in [0.3, 0.4) is 0 Å². The number of piperidine rings is 1. The third-order valence-corrected chi connectivity index (χ3v) is 7.45. The highest BCUT2D eigenvalue weighted by Crippen LogP contribution is 2.58. The van der Waals surface area contributed by atoms with Crippen molar-refractivity contribution in [1.29, 1.82) is 0 Å². The number of ether oxygens (including phenoxy) is 1. The molecule has 3 aliphatic heterocycles. The molecule has 0 aromatic heterocycles. The first-order valence-electron chi connectivity index (χ1n) is 9.86. The Hall–Kier alpha value is -1.86. The van der Waals surface area contributed by atoms with Crippen LogP contribution in [0, 0.1) is 11.8 Å². The number of carbonyl (C=O) groups is 3. The Morgan fingerprint density at radius 3 is 2.57 bits per heavy atom. The molecule has 6 nitrogen and oxygen atoms in total. The molecule has 0 radical (unpaired) electrons. The number of hydrogen-bond donors (Lipinski definition) is 0. The molecule has 3 aliphatic rings. The Kier molecular flexibility index (Phi) is 5.00. The minimum atomic E-state index is -1.04. The summed E-state index contributed by atoms with van der Waals surface area (Å²) in [7, 11) is 2.90. The van der Waals surface area contributed by atoms with Crippen molar-refractivity contribution in [2.24, 2.45) is 11.8 Å². The van der Waals surface area contributed by atoms with Crippen LogP contribution in [0.15, 0.2) is 29.2 Å². The van der Waals surface area contributed by atoms with Crippen molar-refractivity contribution < 1.29 is 19.1 Å². The van der Waals surface area contributed by atoms with Gasteiger partial charge in [-0.05, 0) is 49.3 Å². The maximum absolute atomic E-state index is 13.1. The fraction of sp³-hybridized carbons (Fsp3) is 0.571. The number of nitrogens with zero attached hydrogens (tertiary/aromatic N) is 2. The Bertz CT molecular complexity index is 811. The smallest absolute Gasteiger partial charge is 0.327 e. The van der Waals surface area contributed by atoms with E-state index in [4.69, 9.17) is 4.74 Å². The topological polar surface area (TPSA) is 66.9 Å². The molecule has 0 N–H and O–H groups in total. The normalized spacial score (nSPS) is 32.4. The summed E-state index contributed by atoms with van der Waals surface area (Å²) < 4.78 is 5.19. The van der Waals surface area contributed by atoms with Gasteiger partial charge in [0, 0.05) is 18.0 Å². The van der Waals surface area contributed by atoms with Crippen molar-refractivity contribution in [2.45, 2.75) is 42.7 Å². The molecule has 28 heavy (non-hydrogen) atoms. The molecule has 0 spiro atoms. The molecular weight excluding hydrogens is 376 g/mol. The van der Waals surface area contributed by atoms with Crippen LogP contribution in [0.1, 0.15) is 37.8 Å². The average Bonchev–Trinajstić information content (AvgIpc) is 3.15. The van der Waals surface area contributed by atoms with Gasteiger partial charge in [-0.3, -0.25) is 24.2 Å². The Balaban J connectivity index is 1.84. The summed E-state index contributed by atoms with van der Waals surface area (Å²) in [6.45, 7) is 2.79. The van der Waals surface area contributed by atoms with E-state index in [1.54, 1.807) is 11.8 Å². The van der Waals surface area contributed by atoms with E-state index in [0.717, 1.165) is 24.2 Å². The van der Waals surface area contributed by atoms with Crippen LogP contribution in [0.2, 0.25) is 0 Å². The number of likely N-dealkylation sites (tertiary alicyclic amines) is 1. The molecule has 7 heteroatoms. The minimum absolute atomic E-state index is 0.190. The van der Waals surface area contributed by atoms with Crippen LogP contribution < -0.4 is 0 Å². The number of fused-ring (bicyclic) bond motifs is 3. The summed E-state index contributed by atoms with van der Waals surface area (Å²) in [5, 5.41) is 0. The highest BCUT2D eigenvalue weighted by Gasteiger charge is 2.72. The largest absolute Gasteiger partial charge is 0.468 e. The van der Waals surface area contributed by atoms with Crippen molar-refractivity contribution in [3.05, 3.63) is 29.8 Å². The molecule has 1 aromatic carbocycles. The molecule has 3 heterocycles. The second kappa shape index (κ2) is 7.19. The quantitative estimate of drug-likeness (QED) is 0.438. The number of esters is 1. The summed E-state index contributed by atoms with van der Waals surface area (Å²) in [5.41, 5.74) is -0.0592. The number of benzene rings is 1. The van der Waals surface area contributed by atoms with E-state index in [1.807, 2.05) is 12.1 Å². The number of carbonyl (C=O) groups excluding carboxylic acids is 3. The maximum atomic E-state index is 13.1. The zero-order chi connectivity index (χ0) is 20.1. The Morgan fingerprint density at radius 1 is 1.21 bits per heavy atom. The predicted molar refractivity (Wildman–Crippen MR) is 106 cm³/mol. The minimum Gasteiger partial charge on any atom is -0.468 e. The number of imide groups is 1. The molecule has 1 aromatic rings. The van der Waals surface area contributed by atoms with Gasteiger partial charge in [-0.15, -0.1) is 11.8 Å². The van der Waals surface area contributed by atoms with E-state index >= 15 is 0 Å². The second-order valence-corrected chi connectivity index (χ2v) is 9.09. The number of thioether (sulfide) groups is 1. The lowest BCUT2D eigenvalue weighted by atomic mass is 9.75. The summed E-state index contributed by atoms with van der Waals surface area (Å²) in [6.07, 6.45) is 2.34. The molecule has 0 saturated carbocycles. The highest BCUT2D eigenvalue weighted by molar-refractivity contribution is 7.99. The highest BCUT2D eigenvalue weighted by atomic mass is 32.2. The van der Waals surface area contributed by atoms with Gasteiger partial charge in [-0.2, -0.15) is 0 Å². The molecule has 4 rings (SSSR count). The number of amides is 2. The van der Waals surface area contributed by atoms with E-state index in [1.165, 1.54) is 24.0 Å². The van der Waals surface area contributed by atoms with Crippen molar-refractivity contribution >= 4 is 29.5 Å². The lowest BCUT2D eigenvalue weighted by molar-refractivity contribution is -0.163. The van der Waals surface area contributed by atoms with Gasteiger partial charge in [0.15, 0.2) is 0 Å². The van der Waals surface area contributed by atoms with Crippen LogP contribution in [-0.4, -0.2) is 59.6 Å². The van der Waals surface area contributed by atoms with E-state index in [9.17, 15) is 14.4 Å². The van der Waals surface area contributed by atoms with Gasteiger partial charge in [0.2, 0.25) is 11.8 Å². The van der Waals surface area contributed by atoms with Crippen LogP contribution in [0.5, 0.6) is 0 Å². The molecule has 4 atom stereocenters. The van der Waals surface area contributed by atoms with E-state index in [0.29, 0.717) is 13.0 Å². The summed E-state index contributed by atoms with van der Waals surface area (Å²) in [5.74, 6) is -1.06. The van der Waals surface area contributed by atoms with Gasteiger partial charge in [0.25, 0.3) is 0 Å². The summed E-state index contributed by atoms with van der Waals surface area (Å²) in [6, 6.07) is 7.92. The molecule has 0 unspecified atom stereocenters. The summed E-state index contributed by atoms with van der Waals surface area (Å²) in [4.78, 5) is 43.6. The molecular formula is C21H26N2O4S. The van der Waals surface area contributed by atoms with E-state index < -0.39 is 17.4 Å². The molecule has 2 amide bonds. The SMILES string of the molecule is CCSc1ccc([C@@H]2[C@H]3C(=O)N(C)C(=O)[C@H]3[C@]3(C(=O)OC)CCCCN23)cc1. The van der Waals surface area contributed by atoms with Crippen LogP contribution in [0.4, 0.5) is 0 Å². The fourth-order valence-electron chi connectivity index (χ4n) is 5.43.